The molecule has 1 aliphatic rings. The van der Waals surface area contributed by atoms with Gasteiger partial charge in [0.1, 0.15) is 36.6 Å². The summed E-state index contributed by atoms with van der Waals surface area (Å²) in [5.74, 6) is -0.708. The predicted octanol–water partition coefficient (Wildman–Crippen LogP) is 9.79. The summed E-state index contributed by atoms with van der Waals surface area (Å²) in [5, 5.41) is 75.9. The number of rotatable bonds is 44. The van der Waals surface area contributed by atoms with Gasteiger partial charge in [0.05, 0.1) is 25.4 Å². The molecule has 1 fully saturated rings. The van der Waals surface area contributed by atoms with Crippen molar-refractivity contribution in [2.24, 2.45) is 0 Å². The molecule has 0 aromatic rings. The summed E-state index contributed by atoms with van der Waals surface area (Å²) in [6.45, 7) is 3.44. The summed E-state index contributed by atoms with van der Waals surface area (Å²) >= 11 is 0. The van der Waals surface area contributed by atoms with Crippen molar-refractivity contribution in [1.29, 1.82) is 0 Å². The number of ether oxygens (including phenoxy) is 2. The molecule has 0 spiro atoms. The molecule has 0 bridgehead atoms. The van der Waals surface area contributed by atoms with Gasteiger partial charge in [0.2, 0.25) is 5.91 Å². The zero-order valence-corrected chi connectivity index (χ0v) is 40.3. The fourth-order valence-electron chi connectivity index (χ4n) is 8.40. The number of hydrogen-bond acceptors (Lipinski definition) is 10. The zero-order chi connectivity index (χ0) is 46.2. The minimum atomic E-state index is -1.67. The molecule has 9 atom stereocenters. The van der Waals surface area contributed by atoms with Crippen LogP contribution in [0.25, 0.3) is 0 Å². The van der Waals surface area contributed by atoms with Crippen LogP contribution in [0.4, 0.5) is 0 Å². The van der Waals surface area contributed by atoms with Gasteiger partial charge in [-0.2, -0.15) is 0 Å². The Morgan fingerprint density at radius 1 is 0.540 bits per heavy atom. The SMILES string of the molecule is CCCCCCCCCCCCCC/C=C/CC/C=C/CCCC(O)C(O)C(COC1OC(CO)C(O)C(O)C1O)NC(=O)C(O)CCCCCCCCCCCCCCCCC. The Kier molecular flexibility index (Phi) is 39.7. The van der Waals surface area contributed by atoms with Crippen LogP contribution in [0.5, 0.6) is 0 Å². The monoisotopic (exact) mass is 898 g/mol. The third-order valence-electron chi connectivity index (χ3n) is 12.7. The summed E-state index contributed by atoms with van der Waals surface area (Å²) < 4.78 is 11.1. The molecule has 0 aromatic heterocycles. The standard InChI is InChI=1S/C52H99NO10/c1-3-5-7-9-11-13-15-17-19-20-21-22-23-24-26-27-29-31-33-35-37-39-44(55)47(57)43(42-62-52-50(60)49(59)48(58)46(41-54)63-52)53-51(61)45(56)40-38-36-34-32-30-28-25-18-16-14-12-10-8-6-4-2/h24,26,31,33,43-50,52,54-60H,3-23,25,27-30,32,34-42H2,1-2H3,(H,53,61)/b26-24+,33-31+. The summed E-state index contributed by atoms with van der Waals surface area (Å²) in [6.07, 6.45) is 36.6. The van der Waals surface area contributed by atoms with Crippen molar-refractivity contribution in [3.8, 4) is 0 Å². The number of carbonyl (C=O) groups is 1. The molecule has 8 N–H and O–H groups in total. The fourth-order valence-corrected chi connectivity index (χ4v) is 8.40. The third kappa shape index (κ3) is 31.2. The van der Waals surface area contributed by atoms with E-state index in [1.165, 1.54) is 148 Å². The highest BCUT2D eigenvalue weighted by Gasteiger charge is 2.44. The fraction of sp³-hybridized carbons (Fsp3) is 0.904. The maximum Gasteiger partial charge on any atom is 0.249 e. The second-order valence-corrected chi connectivity index (χ2v) is 18.6. The van der Waals surface area contributed by atoms with Crippen LogP contribution in [0.15, 0.2) is 24.3 Å². The first kappa shape index (κ1) is 59.6. The summed E-state index contributed by atoms with van der Waals surface area (Å²) in [4.78, 5) is 13.1. The smallest absolute Gasteiger partial charge is 0.249 e. The van der Waals surface area contributed by atoms with Crippen LogP contribution in [-0.4, -0.2) is 110 Å². The van der Waals surface area contributed by atoms with Crippen molar-refractivity contribution in [1.82, 2.24) is 5.32 Å². The second-order valence-electron chi connectivity index (χ2n) is 18.6. The summed E-state index contributed by atoms with van der Waals surface area (Å²) in [7, 11) is 0. The van der Waals surface area contributed by atoms with E-state index in [0.717, 1.165) is 38.5 Å². The van der Waals surface area contributed by atoms with Crippen LogP contribution < -0.4 is 5.32 Å². The highest BCUT2D eigenvalue weighted by atomic mass is 16.7. The van der Waals surface area contributed by atoms with Gasteiger partial charge in [-0.15, -0.1) is 0 Å². The molecule has 0 radical (unpaired) electrons. The minimum Gasteiger partial charge on any atom is -0.394 e. The Bertz CT molecular complexity index is 1080. The lowest BCUT2D eigenvalue weighted by molar-refractivity contribution is -0.303. The van der Waals surface area contributed by atoms with Crippen molar-refractivity contribution < 1.29 is 50.0 Å². The molecule has 1 aliphatic heterocycles. The van der Waals surface area contributed by atoms with E-state index < -0.39 is 74.2 Å². The van der Waals surface area contributed by atoms with Crippen molar-refractivity contribution in [2.75, 3.05) is 13.2 Å². The predicted molar refractivity (Wildman–Crippen MR) is 256 cm³/mol. The zero-order valence-electron chi connectivity index (χ0n) is 40.3. The maximum atomic E-state index is 13.1. The van der Waals surface area contributed by atoms with E-state index in [9.17, 15) is 40.5 Å². The lowest BCUT2D eigenvalue weighted by Crippen LogP contribution is -2.60. The van der Waals surface area contributed by atoms with Crippen LogP contribution >= 0.6 is 0 Å². The van der Waals surface area contributed by atoms with E-state index in [1.807, 2.05) is 0 Å². The molecule has 63 heavy (non-hydrogen) atoms. The van der Waals surface area contributed by atoms with Gasteiger partial charge >= 0.3 is 0 Å². The van der Waals surface area contributed by atoms with E-state index in [1.54, 1.807) is 0 Å². The quantitative estimate of drug-likeness (QED) is 0.0216. The van der Waals surface area contributed by atoms with Gasteiger partial charge in [0, 0.05) is 0 Å². The number of carbonyl (C=O) groups excluding carboxylic acids is 1. The lowest BCUT2D eigenvalue weighted by atomic mass is 9.98. The Morgan fingerprint density at radius 2 is 0.952 bits per heavy atom. The van der Waals surface area contributed by atoms with Crippen molar-refractivity contribution >= 4 is 5.91 Å². The van der Waals surface area contributed by atoms with E-state index in [0.29, 0.717) is 19.3 Å². The molecule has 0 aromatic carbocycles. The van der Waals surface area contributed by atoms with E-state index >= 15 is 0 Å². The van der Waals surface area contributed by atoms with Gasteiger partial charge in [-0.25, -0.2) is 0 Å². The number of nitrogens with one attached hydrogen (secondary N) is 1. The number of allylic oxidation sites excluding steroid dienone is 4. The molecule has 0 aliphatic carbocycles. The number of amides is 1. The Morgan fingerprint density at radius 3 is 1.41 bits per heavy atom. The maximum absolute atomic E-state index is 13.1. The Balaban J connectivity index is 2.41. The molecule has 0 saturated carbocycles. The van der Waals surface area contributed by atoms with Crippen LogP contribution in [0.3, 0.4) is 0 Å². The number of hydrogen-bond donors (Lipinski definition) is 8. The largest absolute Gasteiger partial charge is 0.394 e. The molecule has 11 nitrogen and oxygen atoms in total. The molecular weight excluding hydrogens is 799 g/mol. The van der Waals surface area contributed by atoms with Gasteiger partial charge in [-0.1, -0.05) is 205 Å². The Labute approximate surface area is 384 Å². The lowest BCUT2D eigenvalue weighted by Gasteiger charge is -2.40. The van der Waals surface area contributed by atoms with Crippen LogP contribution in [0.1, 0.15) is 232 Å². The van der Waals surface area contributed by atoms with Crippen molar-refractivity contribution in [2.45, 2.75) is 287 Å². The minimum absolute atomic E-state index is 0.249. The molecule has 11 heteroatoms. The molecule has 1 rings (SSSR count). The van der Waals surface area contributed by atoms with Crippen LogP contribution in [-0.2, 0) is 14.3 Å². The Hall–Kier alpha value is -1.41. The van der Waals surface area contributed by atoms with Gasteiger partial charge in [0.25, 0.3) is 0 Å². The second kappa shape index (κ2) is 42.0. The van der Waals surface area contributed by atoms with Crippen LogP contribution in [0.2, 0.25) is 0 Å². The molecule has 1 saturated heterocycles. The highest BCUT2D eigenvalue weighted by molar-refractivity contribution is 5.80. The number of aliphatic hydroxyl groups is 7. The molecule has 9 unspecified atom stereocenters. The topological polar surface area (TPSA) is 189 Å². The van der Waals surface area contributed by atoms with Gasteiger partial charge in [-0.05, 0) is 51.4 Å². The molecule has 1 heterocycles. The van der Waals surface area contributed by atoms with Gasteiger partial charge < -0.3 is 50.5 Å². The summed E-state index contributed by atoms with van der Waals surface area (Å²) in [6, 6.07) is -1.19. The highest BCUT2D eigenvalue weighted by Crippen LogP contribution is 2.23. The normalized spacial score (nSPS) is 21.3. The van der Waals surface area contributed by atoms with E-state index in [2.05, 4.69) is 43.5 Å². The van der Waals surface area contributed by atoms with Gasteiger partial charge in [0.15, 0.2) is 6.29 Å². The first-order valence-electron chi connectivity index (χ1n) is 26.2. The van der Waals surface area contributed by atoms with E-state index in [-0.39, 0.29) is 12.8 Å². The van der Waals surface area contributed by atoms with Crippen molar-refractivity contribution in [3.05, 3.63) is 24.3 Å². The average Bonchev–Trinajstić information content (AvgIpc) is 3.28. The van der Waals surface area contributed by atoms with E-state index in [4.69, 9.17) is 9.47 Å². The summed E-state index contributed by atoms with van der Waals surface area (Å²) in [5.41, 5.74) is 0. The first-order chi connectivity index (χ1) is 30.7. The molecular formula is C52H99NO10. The van der Waals surface area contributed by atoms with Crippen molar-refractivity contribution in [3.63, 3.8) is 0 Å². The average molecular weight is 898 g/mol. The number of aliphatic hydroxyl groups excluding tert-OH is 7. The van der Waals surface area contributed by atoms with Crippen LogP contribution in [0, 0.1) is 0 Å². The number of unbranched alkanes of at least 4 members (excludes halogenated alkanes) is 28. The third-order valence-corrected chi connectivity index (χ3v) is 12.7. The van der Waals surface area contributed by atoms with Gasteiger partial charge in [-0.3, -0.25) is 4.79 Å². The first-order valence-corrected chi connectivity index (χ1v) is 26.2. The molecule has 372 valence electrons. The molecule has 1 amide bonds.